The summed E-state index contributed by atoms with van der Waals surface area (Å²) in [5.41, 5.74) is 2.57. The fraction of sp³-hybridized carbons (Fsp3) is 0.900. The van der Waals surface area contributed by atoms with E-state index in [2.05, 4.69) is 15.7 Å². The summed E-state index contributed by atoms with van der Waals surface area (Å²) in [6.07, 6.45) is 5.31. The fourth-order valence-corrected chi connectivity index (χ4v) is 1.84. The Morgan fingerprint density at radius 2 is 2.20 bits per heavy atom. The summed E-state index contributed by atoms with van der Waals surface area (Å²) >= 11 is 0. The molecule has 0 aliphatic heterocycles. The first-order valence-electron chi connectivity index (χ1n) is 5.60. The van der Waals surface area contributed by atoms with Crippen molar-refractivity contribution in [1.29, 1.82) is 0 Å². The summed E-state index contributed by atoms with van der Waals surface area (Å²) in [4.78, 5) is 4.41. The van der Waals surface area contributed by atoms with Crippen LogP contribution < -0.4 is 16.6 Å². The lowest BCUT2D eigenvalue weighted by Crippen LogP contribution is -2.43. The van der Waals surface area contributed by atoms with Crippen LogP contribution in [0.15, 0.2) is 4.99 Å². The Bertz CT molecular complexity index is 190. The number of guanidine groups is 1. The molecular formula is C10H22N4O. The van der Waals surface area contributed by atoms with E-state index in [1.54, 1.807) is 7.11 Å². The molecule has 0 atom stereocenters. The second-order valence-corrected chi connectivity index (χ2v) is 3.90. The molecule has 0 amide bonds. The summed E-state index contributed by atoms with van der Waals surface area (Å²) in [5.74, 6) is 6.77. The van der Waals surface area contributed by atoms with Crippen LogP contribution in [0.4, 0.5) is 0 Å². The fourth-order valence-electron chi connectivity index (χ4n) is 1.84. The van der Waals surface area contributed by atoms with Crippen molar-refractivity contribution >= 4 is 5.96 Å². The highest BCUT2D eigenvalue weighted by atomic mass is 16.5. The molecule has 0 aromatic rings. The Morgan fingerprint density at radius 3 is 2.80 bits per heavy atom. The van der Waals surface area contributed by atoms with Crippen molar-refractivity contribution in [2.45, 2.75) is 25.7 Å². The molecule has 0 bridgehead atoms. The highest BCUT2D eigenvalue weighted by Crippen LogP contribution is 2.24. The maximum absolute atomic E-state index is 5.36. The van der Waals surface area contributed by atoms with Crippen LogP contribution in [-0.4, -0.2) is 32.8 Å². The molecule has 4 N–H and O–H groups in total. The topological polar surface area (TPSA) is 71.7 Å². The van der Waals surface area contributed by atoms with Gasteiger partial charge in [-0.05, 0) is 18.8 Å². The molecule has 88 valence electrons. The van der Waals surface area contributed by atoms with E-state index in [9.17, 15) is 0 Å². The van der Waals surface area contributed by atoms with Gasteiger partial charge in [0, 0.05) is 20.2 Å². The zero-order chi connectivity index (χ0) is 10.9. The van der Waals surface area contributed by atoms with Gasteiger partial charge in [-0.15, -0.1) is 0 Å². The van der Waals surface area contributed by atoms with Crippen molar-refractivity contribution in [3.8, 4) is 0 Å². The van der Waals surface area contributed by atoms with Crippen molar-refractivity contribution in [1.82, 2.24) is 10.7 Å². The molecule has 1 aliphatic rings. The van der Waals surface area contributed by atoms with Crippen LogP contribution in [0.2, 0.25) is 0 Å². The molecule has 1 aliphatic carbocycles. The average molecular weight is 214 g/mol. The number of ether oxygens (including phenoxy) is 1. The van der Waals surface area contributed by atoms with Crippen LogP contribution in [-0.2, 0) is 4.74 Å². The maximum Gasteiger partial charge on any atom is 0.205 e. The van der Waals surface area contributed by atoms with Crippen molar-refractivity contribution in [2.24, 2.45) is 16.8 Å². The Balaban J connectivity index is 2.19. The number of rotatable bonds is 5. The first kappa shape index (κ1) is 12.3. The summed E-state index contributed by atoms with van der Waals surface area (Å²) in [5, 5.41) is 3.08. The lowest BCUT2D eigenvalue weighted by molar-refractivity contribution is 0.203. The van der Waals surface area contributed by atoms with Gasteiger partial charge >= 0.3 is 0 Å². The standard InChI is InChI=1S/C10H22N4O/c1-15-7-6-12-10(14-11)13-8-9-4-2-3-5-9/h9H,2-8,11H2,1H3,(H2,12,13,14). The molecular weight excluding hydrogens is 192 g/mol. The number of hydrazine groups is 1. The molecule has 1 saturated carbocycles. The van der Waals surface area contributed by atoms with E-state index in [-0.39, 0.29) is 0 Å². The molecule has 0 radical (unpaired) electrons. The number of nitrogens with two attached hydrogens (primary N) is 1. The molecule has 0 saturated heterocycles. The largest absolute Gasteiger partial charge is 0.383 e. The van der Waals surface area contributed by atoms with E-state index in [4.69, 9.17) is 10.6 Å². The third-order valence-electron chi connectivity index (χ3n) is 2.72. The quantitative estimate of drug-likeness (QED) is 0.201. The average Bonchev–Trinajstić information content (AvgIpc) is 2.76. The highest BCUT2D eigenvalue weighted by Gasteiger charge is 2.14. The molecule has 15 heavy (non-hydrogen) atoms. The van der Waals surface area contributed by atoms with Crippen LogP contribution in [0, 0.1) is 5.92 Å². The maximum atomic E-state index is 5.36. The van der Waals surface area contributed by atoms with E-state index in [0.29, 0.717) is 12.6 Å². The molecule has 0 unspecified atom stereocenters. The SMILES string of the molecule is COCCNC(=NCC1CCCC1)NN. The van der Waals surface area contributed by atoms with Gasteiger partial charge in [0.1, 0.15) is 0 Å². The lowest BCUT2D eigenvalue weighted by atomic mass is 10.1. The van der Waals surface area contributed by atoms with Crippen LogP contribution in [0.1, 0.15) is 25.7 Å². The van der Waals surface area contributed by atoms with E-state index in [0.717, 1.165) is 19.0 Å². The Morgan fingerprint density at radius 1 is 1.47 bits per heavy atom. The zero-order valence-electron chi connectivity index (χ0n) is 9.46. The van der Waals surface area contributed by atoms with Gasteiger partial charge in [-0.25, -0.2) is 5.84 Å². The molecule has 5 heteroatoms. The Kier molecular flexibility index (Phi) is 6.11. The predicted octanol–water partition coefficient (Wildman–Crippen LogP) is 0.232. The number of aliphatic imine (C=N–C) groups is 1. The Hall–Kier alpha value is -0.810. The highest BCUT2D eigenvalue weighted by molar-refractivity contribution is 5.79. The molecule has 0 spiro atoms. The minimum atomic E-state index is 0.657. The van der Waals surface area contributed by atoms with Crippen LogP contribution in [0.3, 0.4) is 0 Å². The normalized spacial score (nSPS) is 18.1. The van der Waals surface area contributed by atoms with E-state index >= 15 is 0 Å². The van der Waals surface area contributed by atoms with Gasteiger partial charge in [-0.2, -0.15) is 0 Å². The van der Waals surface area contributed by atoms with Crippen molar-refractivity contribution in [3.63, 3.8) is 0 Å². The number of nitrogens with zero attached hydrogens (tertiary/aromatic N) is 1. The van der Waals surface area contributed by atoms with Gasteiger partial charge in [0.15, 0.2) is 0 Å². The van der Waals surface area contributed by atoms with Gasteiger partial charge < -0.3 is 10.1 Å². The third kappa shape index (κ3) is 4.99. The second kappa shape index (κ2) is 7.48. The molecule has 1 rings (SSSR count). The van der Waals surface area contributed by atoms with Gasteiger partial charge in [0.2, 0.25) is 5.96 Å². The van der Waals surface area contributed by atoms with Crippen LogP contribution in [0.25, 0.3) is 0 Å². The molecule has 0 heterocycles. The molecule has 5 nitrogen and oxygen atoms in total. The smallest absolute Gasteiger partial charge is 0.205 e. The zero-order valence-corrected chi connectivity index (χ0v) is 9.46. The van der Waals surface area contributed by atoms with Gasteiger partial charge in [-0.1, -0.05) is 12.8 Å². The van der Waals surface area contributed by atoms with Gasteiger partial charge in [-0.3, -0.25) is 10.4 Å². The van der Waals surface area contributed by atoms with E-state index in [1.807, 2.05) is 0 Å². The summed E-state index contributed by atoms with van der Waals surface area (Å²) in [7, 11) is 1.67. The summed E-state index contributed by atoms with van der Waals surface area (Å²) in [6, 6.07) is 0. The lowest BCUT2D eigenvalue weighted by Gasteiger charge is -2.10. The van der Waals surface area contributed by atoms with Crippen LogP contribution in [0.5, 0.6) is 0 Å². The van der Waals surface area contributed by atoms with Gasteiger partial charge in [0.05, 0.1) is 6.61 Å². The summed E-state index contributed by atoms with van der Waals surface area (Å²) < 4.78 is 4.93. The van der Waals surface area contributed by atoms with E-state index in [1.165, 1.54) is 25.7 Å². The number of hydrogen-bond donors (Lipinski definition) is 3. The molecule has 0 aromatic heterocycles. The van der Waals surface area contributed by atoms with E-state index < -0.39 is 0 Å². The monoisotopic (exact) mass is 214 g/mol. The third-order valence-corrected chi connectivity index (χ3v) is 2.72. The summed E-state index contributed by atoms with van der Waals surface area (Å²) in [6.45, 7) is 2.26. The Labute approximate surface area is 91.4 Å². The number of methoxy groups -OCH3 is 1. The second-order valence-electron chi connectivity index (χ2n) is 3.90. The number of hydrogen-bond acceptors (Lipinski definition) is 3. The number of nitrogens with one attached hydrogen (secondary N) is 2. The molecule has 1 fully saturated rings. The van der Waals surface area contributed by atoms with Gasteiger partial charge in [0.25, 0.3) is 0 Å². The van der Waals surface area contributed by atoms with Crippen molar-refractivity contribution in [2.75, 3.05) is 26.8 Å². The predicted molar refractivity (Wildman–Crippen MR) is 61.5 cm³/mol. The van der Waals surface area contributed by atoms with Crippen LogP contribution >= 0.6 is 0 Å². The first-order valence-corrected chi connectivity index (χ1v) is 5.60. The minimum absolute atomic E-state index is 0.657. The first-order chi connectivity index (χ1) is 7.36. The molecule has 0 aromatic carbocycles. The van der Waals surface area contributed by atoms with Crippen molar-refractivity contribution < 1.29 is 4.74 Å². The minimum Gasteiger partial charge on any atom is -0.383 e. The van der Waals surface area contributed by atoms with Crippen molar-refractivity contribution in [3.05, 3.63) is 0 Å².